The van der Waals surface area contributed by atoms with E-state index in [-0.39, 0.29) is 18.0 Å². The van der Waals surface area contributed by atoms with Gasteiger partial charge in [0.1, 0.15) is 5.82 Å². The first kappa shape index (κ1) is 15.6. The number of hydrogen-bond acceptors (Lipinski definition) is 4. The van der Waals surface area contributed by atoms with Crippen molar-refractivity contribution in [3.05, 3.63) is 75.6 Å². The van der Waals surface area contributed by atoms with Gasteiger partial charge in [0.25, 0.3) is 5.69 Å². The molecular formula is C17H17FN2O3. The molecule has 1 saturated carbocycles. The van der Waals surface area contributed by atoms with E-state index >= 15 is 0 Å². The van der Waals surface area contributed by atoms with E-state index in [4.69, 9.17) is 0 Å². The van der Waals surface area contributed by atoms with Gasteiger partial charge in [0.15, 0.2) is 0 Å². The third-order valence-electron chi connectivity index (χ3n) is 4.24. The van der Waals surface area contributed by atoms with Gasteiger partial charge in [-0.25, -0.2) is 4.39 Å². The summed E-state index contributed by atoms with van der Waals surface area (Å²) in [5, 5.41) is 24.3. The van der Waals surface area contributed by atoms with Crippen LogP contribution in [-0.2, 0) is 5.54 Å². The number of nitro groups is 1. The lowest BCUT2D eigenvalue weighted by Gasteiger charge is -2.21. The number of aliphatic hydroxyl groups excluding tert-OH is 1. The molecule has 0 aliphatic heterocycles. The molecule has 0 heterocycles. The molecule has 1 fully saturated rings. The second-order valence-corrected chi connectivity index (χ2v) is 5.81. The van der Waals surface area contributed by atoms with Crippen LogP contribution in [0, 0.1) is 15.9 Å². The molecule has 5 nitrogen and oxygen atoms in total. The molecule has 1 unspecified atom stereocenters. The molecule has 0 aromatic heterocycles. The molecule has 2 aromatic carbocycles. The van der Waals surface area contributed by atoms with Crippen molar-refractivity contribution in [1.29, 1.82) is 0 Å². The first-order valence-electron chi connectivity index (χ1n) is 7.44. The van der Waals surface area contributed by atoms with Crippen LogP contribution in [0.1, 0.15) is 30.1 Å². The number of non-ortho nitro benzene ring substituents is 1. The molecule has 120 valence electrons. The van der Waals surface area contributed by atoms with Crippen molar-refractivity contribution in [1.82, 2.24) is 5.32 Å². The summed E-state index contributed by atoms with van der Waals surface area (Å²) in [4.78, 5) is 10.3. The van der Waals surface area contributed by atoms with Crippen molar-refractivity contribution in [3.8, 4) is 0 Å². The number of nitro benzene ring substituents is 1. The highest BCUT2D eigenvalue weighted by Gasteiger charge is 2.45. The Balaban J connectivity index is 1.70. The highest BCUT2D eigenvalue weighted by Crippen LogP contribution is 2.46. The molecule has 2 N–H and O–H groups in total. The van der Waals surface area contributed by atoms with Gasteiger partial charge in [0.2, 0.25) is 0 Å². The van der Waals surface area contributed by atoms with E-state index in [2.05, 4.69) is 5.32 Å². The summed E-state index contributed by atoms with van der Waals surface area (Å²) in [5.41, 5.74) is 0.576. The van der Waals surface area contributed by atoms with Crippen molar-refractivity contribution in [3.63, 3.8) is 0 Å². The summed E-state index contributed by atoms with van der Waals surface area (Å²) >= 11 is 0. The molecule has 2 aromatic rings. The number of nitrogens with zero attached hydrogens (tertiary/aromatic N) is 1. The Kier molecular flexibility index (Phi) is 4.11. The summed E-state index contributed by atoms with van der Waals surface area (Å²) in [5.74, 6) is -0.262. The van der Waals surface area contributed by atoms with Gasteiger partial charge >= 0.3 is 0 Å². The molecule has 0 radical (unpaired) electrons. The quantitative estimate of drug-likeness (QED) is 0.634. The van der Waals surface area contributed by atoms with Gasteiger partial charge < -0.3 is 10.4 Å². The van der Waals surface area contributed by atoms with Gasteiger partial charge in [-0.15, -0.1) is 0 Å². The molecule has 1 aliphatic carbocycles. The van der Waals surface area contributed by atoms with Crippen LogP contribution >= 0.6 is 0 Å². The lowest BCUT2D eigenvalue weighted by Crippen LogP contribution is -2.33. The fourth-order valence-electron chi connectivity index (χ4n) is 2.77. The lowest BCUT2D eigenvalue weighted by molar-refractivity contribution is -0.385. The topological polar surface area (TPSA) is 75.4 Å². The summed E-state index contributed by atoms with van der Waals surface area (Å²) in [6, 6.07) is 12.5. The zero-order valence-corrected chi connectivity index (χ0v) is 12.4. The number of aliphatic hydroxyl groups is 1. The summed E-state index contributed by atoms with van der Waals surface area (Å²) < 4.78 is 13.9. The van der Waals surface area contributed by atoms with Crippen molar-refractivity contribution >= 4 is 5.69 Å². The molecule has 23 heavy (non-hydrogen) atoms. The Bertz CT molecular complexity index is 731. The number of halogens is 1. The van der Waals surface area contributed by atoms with Gasteiger partial charge in [0.05, 0.1) is 11.0 Å². The number of hydrogen-bond donors (Lipinski definition) is 2. The van der Waals surface area contributed by atoms with Gasteiger partial charge in [-0.1, -0.05) is 30.3 Å². The van der Waals surface area contributed by atoms with Crippen molar-refractivity contribution < 1.29 is 14.4 Å². The normalized spacial score (nSPS) is 16.8. The maximum Gasteiger partial charge on any atom is 0.269 e. The van der Waals surface area contributed by atoms with Crippen molar-refractivity contribution in [2.24, 2.45) is 0 Å². The first-order valence-corrected chi connectivity index (χ1v) is 7.44. The molecule has 0 amide bonds. The van der Waals surface area contributed by atoms with Crippen LogP contribution in [0.3, 0.4) is 0 Å². The molecular weight excluding hydrogens is 299 g/mol. The average Bonchev–Trinajstić information content (AvgIpc) is 3.34. The van der Waals surface area contributed by atoms with Crippen LogP contribution in [0.25, 0.3) is 0 Å². The third-order valence-corrected chi connectivity index (χ3v) is 4.24. The van der Waals surface area contributed by atoms with Crippen LogP contribution in [-0.4, -0.2) is 16.6 Å². The Labute approximate surface area is 132 Å². The van der Waals surface area contributed by atoms with E-state index in [1.54, 1.807) is 30.3 Å². The van der Waals surface area contributed by atoms with Crippen molar-refractivity contribution in [2.75, 3.05) is 6.54 Å². The molecule has 3 rings (SSSR count). The molecule has 1 aliphatic rings. The van der Waals surface area contributed by atoms with Gasteiger partial charge in [0, 0.05) is 29.8 Å². The van der Waals surface area contributed by atoms with E-state index < -0.39 is 16.6 Å². The van der Waals surface area contributed by atoms with E-state index in [0.717, 1.165) is 12.8 Å². The van der Waals surface area contributed by atoms with Gasteiger partial charge in [-0.05, 0) is 24.5 Å². The fourth-order valence-corrected chi connectivity index (χ4v) is 2.77. The molecule has 6 heteroatoms. The SMILES string of the molecule is O=[N+]([O-])c1cccc(C(O)CNC2(c3ccccc3F)CC2)c1. The van der Waals surface area contributed by atoms with Crippen LogP contribution in [0.5, 0.6) is 0 Å². The Hall–Kier alpha value is -2.31. The Morgan fingerprint density at radius 3 is 2.65 bits per heavy atom. The molecule has 1 atom stereocenters. The van der Waals surface area contributed by atoms with Crippen molar-refractivity contribution in [2.45, 2.75) is 24.5 Å². The maximum atomic E-state index is 13.9. The van der Waals surface area contributed by atoms with E-state index in [1.807, 2.05) is 0 Å². The fraction of sp³-hybridized carbons (Fsp3) is 0.294. The number of rotatable bonds is 6. The first-order chi connectivity index (χ1) is 11.0. The zero-order chi connectivity index (χ0) is 16.4. The van der Waals surface area contributed by atoms with Crippen LogP contribution < -0.4 is 5.32 Å². The standard InChI is InChI=1S/C17H17FN2O3/c18-15-7-2-1-6-14(15)17(8-9-17)19-11-16(21)12-4-3-5-13(10-12)20(22)23/h1-7,10,16,19,21H,8-9,11H2. The number of nitrogens with one attached hydrogen (secondary N) is 1. The van der Waals surface area contributed by atoms with Gasteiger partial charge in [-0.3, -0.25) is 10.1 Å². The minimum absolute atomic E-state index is 0.0585. The molecule has 0 bridgehead atoms. The minimum Gasteiger partial charge on any atom is -0.387 e. The summed E-state index contributed by atoms with van der Waals surface area (Å²) in [7, 11) is 0. The zero-order valence-electron chi connectivity index (χ0n) is 12.4. The van der Waals surface area contributed by atoms with Gasteiger partial charge in [-0.2, -0.15) is 0 Å². The predicted molar refractivity (Wildman–Crippen MR) is 83.4 cm³/mol. The van der Waals surface area contributed by atoms with Crippen LogP contribution in [0.2, 0.25) is 0 Å². The highest BCUT2D eigenvalue weighted by atomic mass is 19.1. The average molecular weight is 316 g/mol. The smallest absolute Gasteiger partial charge is 0.269 e. The maximum absolute atomic E-state index is 13.9. The van der Waals surface area contributed by atoms with E-state index in [1.165, 1.54) is 18.2 Å². The highest BCUT2D eigenvalue weighted by molar-refractivity contribution is 5.36. The largest absolute Gasteiger partial charge is 0.387 e. The van der Waals surface area contributed by atoms with Crippen LogP contribution in [0.15, 0.2) is 48.5 Å². The monoisotopic (exact) mass is 316 g/mol. The second kappa shape index (κ2) is 6.06. The van der Waals surface area contributed by atoms with Crippen LogP contribution in [0.4, 0.5) is 10.1 Å². The Morgan fingerprint density at radius 1 is 1.26 bits per heavy atom. The van der Waals surface area contributed by atoms with E-state index in [9.17, 15) is 19.6 Å². The second-order valence-electron chi connectivity index (χ2n) is 5.81. The Morgan fingerprint density at radius 2 is 2.00 bits per heavy atom. The third kappa shape index (κ3) is 3.23. The predicted octanol–water partition coefficient (Wildman–Crippen LogP) is 3.05. The minimum atomic E-state index is -0.890. The lowest BCUT2D eigenvalue weighted by atomic mass is 10.0. The molecule has 0 spiro atoms. The van der Waals surface area contributed by atoms with E-state index in [0.29, 0.717) is 11.1 Å². The molecule has 0 saturated heterocycles. The summed E-state index contributed by atoms with van der Waals surface area (Å²) in [6.07, 6.45) is 0.713. The number of benzene rings is 2. The summed E-state index contributed by atoms with van der Waals surface area (Å²) in [6.45, 7) is 0.204.